The molecule has 0 aromatic carbocycles. The Hall–Kier alpha value is -1.44. The summed E-state index contributed by atoms with van der Waals surface area (Å²) in [6.07, 6.45) is 12.4. The van der Waals surface area contributed by atoms with E-state index in [2.05, 4.69) is 6.92 Å². The second kappa shape index (κ2) is 4.20. The van der Waals surface area contributed by atoms with Crippen molar-refractivity contribution in [1.29, 1.82) is 0 Å². The number of hydrogen-bond acceptors (Lipinski definition) is 2. The van der Waals surface area contributed by atoms with E-state index in [0.29, 0.717) is 6.42 Å². The number of carbonyl (C=O) groups excluding carboxylic acids is 2. The largest absolute Gasteiger partial charge is 0.295 e. The average Bonchev–Trinajstić information content (AvgIpc) is 2.57. The summed E-state index contributed by atoms with van der Waals surface area (Å²) in [5, 5.41) is 0. The summed E-state index contributed by atoms with van der Waals surface area (Å²) in [6.45, 7) is 2.14. The molecule has 0 unspecified atom stereocenters. The first-order chi connectivity index (χ1) is 7.66. The van der Waals surface area contributed by atoms with Gasteiger partial charge in [0, 0.05) is 11.8 Å². The van der Waals surface area contributed by atoms with Gasteiger partial charge < -0.3 is 0 Å². The first-order valence-corrected chi connectivity index (χ1v) is 5.82. The van der Waals surface area contributed by atoms with Crippen LogP contribution in [0.1, 0.15) is 32.6 Å². The molecule has 0 atom stereocenters. The molecular weight excluding hydrogens is 200 g/mol. The second-order valence-electron chi connectivity index (χ2n) is 4.53. The van der Waals surface area contributed by atoms with Crippen molar-refractivity contribution in [1.82, 2.24) is 0 Å². The van der Waals surface area contributed by atoms with Crippen molar-refractivity contribution >= 4 is 11.6 Å². The van der Waals surface area contributed by atoms with Crippen LogP contribution in [0.3, 0.4) is 0 Å². The lowest BCUT2D eigenvalue weighted by Gasteiger charge is -2.26. The number of ketones is 2. The molecule has 84 valence electrons. The lowest BCUT2D eigenvalue weighted by molar-refractivity contribution is -0.115. The Morgan fingerprint density at radius 2 is 1.94 bits per heavy atom. The Morgan fingerprint density at radius 1 is 1.25 bits per heavy atom. The first kappa shape index (κ1) is 11.1. The quantitative estimate of drug-likeness (QED) is 0.727. The van der Waals surface area contributed by atoms with Gasteiger partial charge in [0.05, 0.1) is 0 Å². The molecule has 2 aliphatic carbocycles. The maximum atomic E-state index is 11.5. The van der Waals surface area contributed by atoms with Crippen LogP contribution in [0.25, 0.3) is 0 Å². The van der Waals surface area contributed by atoms with Crippen LogP contribution in [-0.4, -0.2) is 11.6 Å². The van der Waals surface area contributed by atoms with Gasteiger partial charge in [0.2, 0.25) is 0 Å². The Balaban J connectivity index is 2.24. The van der Waals surface area contributed by atoms with Crippen molar-refractivity contribution in [2.24, 2.45) is 5.41 Å². The number of rotatable bonds is 3. The predicted octanol–water partition coefficient (Wildman–Crippen LogP) is 2.76. The maximum absolute atomic E-state index is 11.5. The van der Waals surface area contributed by atoms with E-state index in [1.165, 1.54) is 5.57 Å². The van der Waals surface area contributed by atoms with E-state index in [4.69, 9.17) is 0 Å². The molecule has 2 rings (SSSR count). The summed E-state index contributed by atoms with van der Waals surface area (Å²) < 4.78 is 0. The molecule has 16 heavy (non-hydrogen) atoms. The summed E-state index contributed by atoms with van der Waals surface area (Å²) in [4.78, 5) is 22.7. The van der Waals surface area contributed by atoms with Crippen molar-refractivity contribution < 1.29 is 9.59 Å². The Labute approximate surface area is 95.7 Å². The molecule has 0 N–H and O–H groups in total. The third-order valence-electron chi connectivity index (χ3n) is 3.29. The van der Waals surface area contributed by atoms with Crippen LogP contribution in [0.15, 0.2) is 36.0 Å². The Morgan fingerprint density at radius 3 is 2.56 bits per heavy atom. The number of unbranched alkanes of at least 4 members (excludes halogenated alkanes) is 1. The van der Waals surface area contributed by atoms with E-state index in [-0.39, 0.29) is 17.0 Å². The minimum Gasteiger partial charge on any atom is -0.295 e. The average molecular weight is 216 g/mol. The monoisotopic (exact) mass is 216 g/mol. The standard InChI is InChI=1S/C14H16O2/c1-2-3-4-11-9-13(16)10-14(11)7-5-12(15)6-8-14/h5-9H,2-4,10H2,1H3. The van der Waals surface area contributed by atoms with Crippen LogP contribution in [-0.2, 0) is 9.59 Å². The molecule has 2 aliphatic rings. The number of carbonyl (C=O) groups is 2. The lowest BCUT2D eigenvalue weighted by atomic mass is 9.76. The van der Waals surface area contributed by atoms with Crippen LogP contribution in [0.4, 0.5) is 0 Å². The van der Waals surface area contributed by atoms with Crippen molar-refractivity contribution in [3.8, 4) is 0 Å². The topological polar surface area (TPSA) is 34.1 Å². The van der Waals surface area contributed by atoms with Crippen LogP contribution >= 0.6 is 0 Å². The predicted molar refractivity (Wildman–Crippen MR) is 63.0 cm³/mol. The highest BCUT2D eigenvalue weighted by Crippen LogP contribution is 2.43. The van der Waals surface area contributed by atoms with Crippen LogP contribution in [0, 0.1) is 5.41 Å². The van der Waals surface area contributed by atoms with Gasteiger partial charge >= 0.3 is 0 Å². The zero-order valence-electron chi connectivity index (χ0n) is 9.53. The van der Waals surface area contributed by atoms with Gasteiger partial charge in [0.15, 0.2) is 11.6 Å². The van der Waals surface area contributed by atoms with Crippen molar-refractivity contribution in [3.63, 3.8) is 0 Å². The highest BCUT2D eigenvalue weighted by Gasteiger charge is 2.37. The molecule has 0 amide bonds. The van der Waals surface area contributed by atoms with Crippen LogP contribution < -0.4 is 0 Å². The lowest BCUT2D eigenvalue weighted by Crippen LogP contribution is -2.19. The van der Waals surface area contributed by atoms with Gasteiger partial charge in [-0.1, -0.05) is 31.1 Å². The molecule has 0 heterocycles. The Bertz CT molecular complexity index is 394. The van der Waals surface area contributed by atoms with Gasteiger partial charge in [-0.2, -0.15) is 0 Å². The van der Waals surface area contributed by atoms with Gasteiger partial charge in [-0.25, -0.2) is 0 Å². The Kier molecular flexibility index (Phi) is 2.90. The summed E-state index contributed by atoms with van der Waals surface area (Å²) >= 11 is 0. The van der Waals surface area contributed by atoms with Crippen LogP contribution in [0.2, 0.25) is 0 Å². The van der Waals surface area contributed by atoms with E-state index in [0.717, 1.165) is 19.3 Å². The van der Waals surface area contributed by atoms with Gasteiger partial charge in [-0.05, 0) is 31.1 Å². The number of hydrogen-bond donors (Lipinski definition) is 0. The fraction of sp³-hybridized carbons (Fsp3) is 0.429. The molecule has 0 aromatic rings. The van der Waals surface area contributed by atoms with Gasteiger partial charge in [-0.15, -0.1) is 0 Å². The summed E-state index contributed by atoms with van der Waals surface area (Å²) in [5.74, 6) is 0.189. The molecule has 0 radical (unpaired) electrons. The maximum Gasteiger partial charge on any atom is 0.178 e. The smallest absolute Gasteiger partial charge is 0.178 e. The van der Waals surface area contributed by atoms with E-state index in [1.807, 2.05) is 12.2 Å². The second-order valence-corrected chi connectivity index (χ2v) is 4.53. The summed E-state index contributed by atoms with van der Waals surface area (Å²) in [7, 11) is 0. The normalized spacial score (nSPS) is 21.9. The molecule has 0 bridgehead atoms. The molecule has 0 saturated heterocycles. The zero-order chi connectivity index (χ0) is 11.6. The van der Waals surface area contributed by atoms with Gasteiger partial charge in [-0.3, -0.25) is 9.59 Å². The third kappa shape index (κ3) is 1.92. The first-order valence-electron chi connectivity index (χ1n) is 5.82. The number of allylic oxidation sites excluding steroid dienone is 6. The molecule has 2 nitrogen and oxygen atoms in total. The molecule has 0 aromatic heterocycles. The summed E-state index contributed by atoms with van der Waals surface area (Å²) in [5.41, 5.74) is 0.888. The van der Waals surface area contributed by atoms with Crippen molar-refractivity contribution in [2.75, 3.05) is 0 Å². The fourth-order valence-electron chi connectivity index (χ4n) is 2.36. The molecular formula is C14H16O2. The van der Waals surface area contributed by atoms with Crippen LogP contribution in [0.5, 0.6) is 0 Å². The molecule has 1 spiro atoms. The highest BCUT2D eigenvalue weighted by atomic mass is 16.1. The van der Waals surface area contributed by atoms with E-state index < -0.39 is 0 Å². The van der Waals surface area contributed by atoms with E-state index >= 15 is 0 Å². The minimum atomic E-state index is -0.278. The van der Waals surface area contributed by atoms with E-state index in [9.17, 15) is 9.59 Å². The van der Waals surface area contributed by atoms with Gasteiger partial charge in [0.25, 0.3) is 0 Å². The molecule has 0 saturated carbocycles. The fourth-order valence-corrected chi connectivity index (χ4v) is 2.36. The van der Waals surface area contributed by atoms with E-state index in [1.54, 1.807) is 18.2 Å². The van der Waals surface area contributed by atoms with Crippen molar-refractivity contribution in [2.45, 2.75) is 32.6 Å². The molecule has 0 fully saturated rings. The van der Waals surface area contributed by atoms with Crippen molar-refractivity contribution in [3.05, 3.63) is 36.0 Å². The molecule has 2 heteroatoms. The third-order valence-corrected chi connectivity index (χ3v) is 3.29. The SMILES string of the molecule is CCCCC1=CC(=O)CC12C=CC(=O)C=C2. The molecule has 0 aliphatic heterocycles. The zero-order valence-corrected chi connectivity index (χ0v) is 9.53. The minimum absolute atomic E-state index is 0.0137. The highest BCUT2D eigenvalue weighted by molar-refractivity contribution is 6.02. The van der Waals surface area contributed by atoms with Gasteiger partial charge in [0.1, 0.15) is 0 Å². The summed E-state index contributed by atoms with van der Waals surface area (Å²) in [6, 6.07) is 0.